The van der Waals surface area contributed by atoms with Crippen LogP contribution >= 0.6 is 0 Å². The number of rotatable bonds is 4. The van der Waals surface area contributed by atoms with Crippen LogP contribution in [-0.2, 0) is 16.6 Å². The maximum Gasteiger partial charge on any atom is 0.243 e. The average Bonchev–Trinajstić information content (AvgIpc) is 2.42. The van der Waals surface area contributed by atoms with Gasteiger partial charge in [-0.2, -0.15) is 4.31 Å². The smallest absolute Gasteiger partial charge is 0.243 e. The van der Waals surface area contributed by atoms with Crippen LogP contribution in [-0.4, -0.2) is 32.9 Å². The van der Waals surface area contributed by atoms with Gasteiger partial charge in [-0.05, 0) is 45.0 Å². The molecule has 0 fully saturated rings. The van der Waals surface area contributed by atoms with Gasteiger partial charge in [-0.15, -0.1) is 0 Å². The van der Waals surface area contributed by atoms with Crippen LogP contribution in [0.1, 0.15) is 24.5 Å². The highest BCUT2D eigenvalue weighted by Gasteiger charge is 2.28. The van der Waals surface area contributed by atoms with Crippen LogP contribution < -0.4 is 5.32 Å². The molecule has 0 spiro atoms. The summed E-state index contributed by atoms with van der Waals surface area (Å²) in [5, 5.41) is 2.91. The molecule has 0 atom stereocenters. The number of nitrogens with one attached hydrogen (secondary N) is 1. The zero-order valence-electron chi connectivity index (χ0n) is 12.6. The van der Waals surface area contributed by atoms with E-state index in [9.17, 15) is 12.8 Å². The van der Waals surface area contributed by atoms with Crippen molar-refractivity contribution in [2.24, 2.45) is 0 Å². The molecule has 0 bridgehead atoms. The quantitative estimate of drug-likeness (QED) is 0.867. The second-order valence-electron chi connectivity index (χ2n) is 5.41. The number of nitrogens with zero attached hydrogens (tertiary/aromatic N) is 1. The normalized spacial score (nSPS) is 16.9. The van der Waals surface area contributed by atoms with E-state index < -0.39 is 15.8 Å². The van der Waals surface area contributed by atoms with Crippen molar-refractivity contribution in [1.82, 2.24) is 9.62 Å². The Labute approximate surface area is 125 Å². The Bertz CT molecular complexity index is 668. The van der Waals surface area contributed by atoms with Gasteiger partial charge < -0.3 is 5.32 Å². The lowest BCUT2D eigenvalue weighted by Crippen LogP contribution is -2.36. The lowest BCUT2D eigenvalue weighted by molar-refractivity contribution is 0.426. The second kappa shape index (κ2) is 6.25. The molecular weight excluding hydrogens is 291 g/mol. The number of benzene rings is 1. The third-order valence-electron chi connectivity index (χ3n) is 3.65. The van der Waals surface area contributed by atoms with E-state index in [2.05, 4.69) is 5.32 Å². The van der Waals surface area contributed by atoms with Crippen molar-refractivity contribution >= 4 is 10.0 Å². The van der Waals surface area contributed by atoms with Gasteiger partial charge >= 0.3 is 0 Å². The van der Waals surface area contributed by atoms with Crippen molar-refractivity contribution in [2.45, 2.75) is 31.7 Å². The van der Waals surface area contributed by atoms with E-state index in [1.54, 1.807) is 13.1 Å². The monoisotopic (exact) mass is 312 g/mol. The van der Waals surface area contributed by atoms with E-state index >= 15 is 0 Å². The molecule has 116 valence electrons. The van der Waals surface area contributed by atoms with E-state index in [0.29, 0.717) is 31.6 Å². The third kappa shape index (κ3) is 3.33. The van der Waals surface area contributed by atoms with Crippen LogP contribution in [0, 0.1) is 12.7 Å². The molecule has 0 aliphatic carbocycles. The summed E-state index contributed by atoms with van der Waals surface area (Å²) < 4.78 is 41.0. The predicted octanol–water partition coefficient (Wildman–Crippen LogP) is 2.19. The molecular formula is C15H21FN2O2S. The van der Waals surface area contributed by atoms with Gasteiger partial charge in [-0.3, -0.25) is 0 Å². The maximum absolute atomic E-state index is 14.0. The van der Waals surface area contributed by atoms with Crippen molar-refractivity contribution in [3.8, 4) is 0 Å². The zero-order chi connectivity index (χ0) is 15.6. The molecule has 1 aromatic carbocycles. The fraction of sp³-hybridized carbons (Fsp3) is 0.467. The Morgan fingerprint density at radius 3 is 2.67 bits per heavy atom. The number of sulfonamides is 1. The maximum atomic E-state index is 14.0. The van der Waals surface area contributed by atoms with Gasteiger partial charge in [0.05, 0.1) is 4.90 Å². The van der Waals surface area contributed by atoms with Gasteiger partial charge in [0.25, 0.3) is 0 Å². The van der Waals surface area contributed by atoms with E-state index in [4.69, 9.17) is 0 Å². The molecule has 4 nitrogen and oxygen atoms in total. The van der Waals surface area contributed by atoms with Crippen molar-refractivity contribution in [3.05, 3.63) is 40.7 Å². The molecule has 0 saturated heterocycles. The summed E-state index contributed by atoms with van der Waals surface area (Å²) in [6.07, 6.45) is 2.74. The minimum atomic E-state index is -3.66. The summed E-state index contributed by atoms with van der Waals surface area (Å²) in [5.74, 6) is -0.481. The molecule has 1 N–H and O–H groups in total. The Balaban J connectivity index is 2.46. The fourth-order valence-corrected chi connectivity index (χ4v) is 4.28. The first-order valence-corrected chi connectivity index (χ1v) is 8.39. The average molecular weight is 312 g/mol. The van der Waals surface area contributed by atoms with Gasteiger partial charge in [0.15, 0.2) is 0 Å². The highest BCUT2D eigenvalue weighted by Crippen LogP contribution is 2.26. The highest BCUT2D eigenvalue weighted by molar-refractivity contribution is 7.89. The van der Waals surface area contributed by atoms with Crippen LogP contribution in [0.2, 0.25) is 0 Å². The van der Waals surface area contributed by atoms with Crippen molar-refractivity contribution < 1.29 is 12.8 Å². The lowest BCUT2D eigenvalue weighted by Gasteiger charge is -2.26. The Kier molecular flexibility index (Phi) is 4.81. The first-order chi connectivity index (χ1) is 9.86. The fourth-order valence-electron chi connectivity index (χ4n) is 2.50. The van der Waals surface area contributed by atoms with Gasteiger partial charge in [-0.1, -0.05) is 11.6 Å². The second-order valence-corrected chi connectivity index (χ2v) is 7.32. The van der Waals surface area contributed by atoms with E-state index in [1.165, 1.54) is 17.3 Å². The molecule has 0 saturated carbocycles. The molecule has 1 aromatic rings. The largest absolute Gasteiger partial charge is 0.316 e. The first kappa shape index (κ1) is 16.1. The van der Waals surface area contributed by atoms with Gasteiger partial charge in [-0.25, -0.2) is 12.8 Å². The van der Waals surface area contributed by atoms with Gasteiger partial charge in [0.2, 0.25) is 10.0 Å². The Morgan fingerprint density at radius 1 is 1.33 bits per heavy atom. The summed E-state index contributed by atoms with van der Waals surface area (Å²) in [4.78, 5) is 0.0717. The topological polar surface area (TPSA) is 49.4 Å². The Morgan fingerprint density at radius 2 is 2.05 bits per heavy atom. The van der Waals surface area contributed by atoms with E-state index in [-0.39, 0.29) is 10.5 Å². The number of hydrogen-bond donors (Lipinski definition) is 1. The standard InChI is InChI=1S/C15H21FN2O2S/c1-11-5-4-6-18(10-11)21(19,20)15-8-13(9-17-3)7-14(16)12(15)2/h5,7-8,17H,4,6,9-10H2,1-3H3. The van der Waals surface area contributed by atoms with Crippen LogP contribution in [0.25, 0.3) is 0 Å². The van der Waals surface area contributed by atoms with Crippen LogP contribution in [0.4, 0.5) is 4.39 Å². The molecule has 1 aliphatic rings. The molecule has 6 heteroatoms. The van der Waals surface area contributed by atoms with Crippen molar-refractivity contribution in [1.29, 1.82) is 0 Å². The summed E-state index contributed by atoms with van der Waals surface area (Å²) in [6.45, 7) is 4.67. The van der Waals surface area contributed by atoms with E-state index in [1.807, 2.05) is 13.0 Å². The predicted molar refractivity (Wildman–Crippen MR) is 81.0 cm³/mol. The van der Waals surface area contributed by atoms with E-state index in [0.717, 1.165) is 5.57 Å². The molecule has 0 aromatic heterocycles. The molecule has 2 rings (SSSR count). The molecule has 1 aliphatic heterocycles. The third-order valence-corrected chi connectivity index (χ3v) is 5.62. The lowest BCUT2D eigenvalue weighted by atomic mass is 10.1. The van der Waals surface area contributed by atoms with Crippen LogP contribution in [0.5, 0.6) is 0 Å². The van der Waals surface area contributed by atoms with Gasteiger partial charge in [0, 0.05) is 25.2 Å². The van der Waals surface area contributed by atoms with Crippen molar-refractivity contribution in [3.63, 3.8) is 0 Å². The minimum Gasteiger partial charge on any atom is -0.316 e. The minimum absolute atomic E-state index is 0.0717. The summed E-state index contributed by atoms with van der Waals surface area (Å²) in [7, 11) is -1.92. The summed E-state index contributed by atoms with van der Waals surface area (Å²) >= 11 is 0. The Hall–Kier alpha value is -1.24. The molecule has 21 heavy (non-hydrogen) atoms. The summed E-state index contributed by atoms with van der Waals surface area (Å²) in [5.41, 5.74) is 1.83. The van der Waals surface area contributed by atoms with Crippen molar-refractivity contribution in [2.75, 3.05) is 20.1 Å². The number of hydrogen-bond acceptors (Lipinski definition) is 3. The number of halogens is 1. The van der Waals surface area contributed by atoms with Gasteiger partial charge in [0.1, 0.15) is 5.82 Å². The highest BCUT2D eigenvalue weighted by atomic mass is 32.2. The molecule has 0 radical (unpaired) electrons. The SMILES string of the molecule is CNCc1cc(F)c(C)c(S(=O)(=O)N2CCC=C(C)C2)c1. The molecule has 1 heterocycles. The zero-order valence-corrected chi connectivity index (χ0v) is 13.4. The van der Waals surface area contributed by atoms with Crippen LogP contribution in [0.15, 0.2) is 28.7 Å². The first-order valence-electron chi connectivity index (χ1n) is 6.95. The summed E-state index contributed by atoms with van der Waals surface area (Å²) in [6, 6.07) is 2.95. The molecule has 0 amide bonds. The molecule has 0 unspecified atom stereocenters. The van der Waals surface area contributed by atoms with Crippen LogP contribution in [0.3, 0.4) is 0 Å².